The van der Waals surface area contributed by atoms with E-state index in [1.165, 1.54) is 6.42 Å². The van der Waals surface area contributed by atoms with Gasteiger partial charge in [-0.05, 0) is 13.3 Å². The molecule has 2 atom stereocenters. The minimum Gasteiger partial charge on any atom is -0.395 e. The Bertz CT molecular complexity index is 98.5. The Morgan fingerprint density at radius 3 is 2.58 bits per heavy atom. The third-order valence-corrected chi connectivity index (χ3v) is 1.83. The fourth-order valence-corrected chi connectivity index (χ4v) is 1.27. The molecule has 0 bridgehead atoms. The first kappa shape index (κ1) is 11.9. The Hall–Kier alpha value is -0.120. The van der Waals surface area contributed by atoms with Crippen LogP contribution in [0, 0.1) is 0 Å². The van der Waals surface area contributed by atoms with Crippen LogP contribution in [-0.4, -0.2) is 37.5 Å². The Morgan fingerprint density at radius 2 is 2.17 bits per heavy atom. The van der Waals surface area contributed by atoms with Gasteiger partial charge in [-0.1, -0.05) is 13.3 Å². The van der Waals surface area contributed by atoms with Gasteiger partial charge in [-0.2, -0.15) is 0 Å². The van der Waals surface area contributed by atoms with Crippen LogP contribution in [0.3, 0.4) is 0 Å². The molecule has 2 N–H and O–H groups in total. The molecule has 2 unspecified atom stereocenters. The van der Waals surface area contributed by atoms with Crippen LogP contribution in [0.5, 0.6) is 0 Å². The SMILES string of the molecule is CCCC(C)NC(CO)COC. The highest BCUT2D eigenvalue weighted by molar-refractivity contribution is 4.69. The average molecular weight is 175 g/mol. The summed E-state index contributed by atoms with van der Waals surface area (Å²) in [5.74, 6) is 0. The first-order valence-electron chi connectivity index (χ1n) is 4.60. The maximum atomic E-state index is 8.93. The fourth-order valence-electron chi connectivity index (χ4n) is 1.27. The number of hydrogen-bond acceptors (Lipinski definition) is 3. The van der Waals surface area contributed by atoms with E-state index in [0.29, 0.717) is 12.6 Å². The first-order chi connectivity index (χ1) is 5.74. The zero-order chi connectivity index (χ0) is 9.40. The van der Waals surface area contributed by atoms with Crippen LogP contribution >= 0.6 is 0 Å². The average Bonchev–Trinajstić information content (AvgIpc) is 2.04. The molecule has 74 valence electrons. The molecule has 0 aliphatic carbocycles. The van der Waals surface area contributed by atoms with Gasteiger partial charge in [-0.25, -0.2) is 0 Å². The zero-order valence-corrected chi connectivity index (χ0v) is 8.34. The van der Waals surface area contributed by atoms with E-state index in [1.54, 1.807) is 7.11 Å². The maximum Gasteiger partial charge on any atom is 0.0638 e. The van der Waals surface area contributed by atoms with Gasteiger partial charge < -0.3 is 15.2 Å². The van der Waals surface area contributed by atoms with Crippen molar-refractivity contribution < 1.29 is 9.84 Å². The van der Waals surface area contributed by atoms with E-state index in [0.717, 1.165) is 6.42 Å². The summed E-state index contributed by atoms with van der Waals surface area (Å²) >= 11 is 0. The van der Waals surface area contributed by atoms with Crippen LogP contribution in [0.25, 0.3) is 0 Å². The molecule has 0 rings (SSSR count). The molecule has 0 spiro atoms. The van der Waals surface area contributed by atoms with Gasteiger partial charge in [0.1, 0.15) is 0 Å². The van der Waals surface area contributed by atoms with Crippen molar-refractivity contribution in [3.8, 4) is 0 Å². The topological polar surface area (TPSA) is 41.5 Å². The molecule has 0 aliphatic rings. The predicted octanol–water partition coefficient (Wildman–Crippen LogP) is 0.772. The predicted molar refractivity (Wildman–Crippen MR) is 50.3 cm³/mol. The number of ether oxygens (including phenoxy) is 1. The van der Waals surface area contributed by atoms with Gasteiger partial charge in [0.05, 0.1) is 19.3 Å². The van der Waals surface area contributed by atoms with Gasteiger partial charge in [-0.3, -0.25) is 0 Å². The molecule has 0 fully saturated rings. The summed E-state index contributed by atoms with van der Waals surface area (Å²) < 4.78 is 4.95. The number of methoxy groups -OCH3 is 1. The van der Waals surface area contributed by atoms with Crippen molar-refractivity contribution in [2.24, 2.45) is 0 Å². The second kappa shape index (κ2) is 7.53. The lowest BCUT2D eigenvalue weighted by atomic mass is 10.2. The lowest BCUT2D eigenvalue weighted by Gasteiger charge is -2.20. The highest BCUT2D eigenvalue weighted by Gasteiger charge is 2.09. The molecule has 3 nitrogen and oxygen atoms in total. The van der Waals surface area contributed by atoms with Gasteiger partial charge in [0.15, 0.2) is 0 Å². The molecule has 0 saturated heterocycles. The van der Waals surface area contributed by atoms with Gasteiger partial charge in [-0.15, -0.1) is 0 Å². The molecule has 0 aliphatic heterocycles. The molecule has 0 aromatic heterocycles. The summed E-state index contributed by atoms with van der Waals surface area (Å²) in [4.78, 5) is 0. The van der Waals surface area contributed by atoms with Crippen molar-refractivity contribution in [3.63, 3.8) is 0 Å². The van der Waals surface area contributed by atoms with Crippen molar-refractivity contribution in [2.45, 2.75) is 38.8 Å². The largest absolute Gasteiger partial charge is 0.395 e. The zero-order valence-electron chi connectivity index (χ0n) is 8.34. The van der Waals surface area contributed by atoms with Gasteiger partial charge in [0.2, 0.25) is 0 Å². The van der Waals surface area contributed by atoms with E-state index in [1.807, 2.05) is 0 Å². The summed E-state index contributed by atoms with van der Waals surface area (Å²) in [7, 11) is 1.65. The summed E-state index contributed by atoms with van der Waals surface area (Å²) in [5, 5.41) is 12.2. The molecule has 0 amide bonds. The molecular weight excluding hydrogens is 154 g/mol. The number of rotatable bonds is 7. The second-order valence-electron chi connectivity index (χ2n) is 3.19. The normalized spacial score (nSPS) is 16.0. The van der Waals surface area contributed by atoms with Crippen LogP contribution in [0.4, 0.5) is 0 Å². The molecule has 0 saturated carbocycles. The Kier molecular flexibility index (Phi) is 7.45. The molecule has 0 aromatic carbocycles. The summed E-state index contributed by atoms with van der Waals surface area (Å²) in [6.45, 7) is 5.00. The van der Waals surface area contributed by atoms with Crippen LogP contribution in [-0.2, 0) is 4.74 Å². The van der Waals surface area contributed by atoms with Crippen molar-refractivity contribution in [1.82, 2.24) is 5.32 Å². The van der Waals surface area contributed by atoms with Gasteiger partial charge >= 0.3 is 0 Å². The standard InChI is InChI=1S/C9H21NO2/c1-4-5-8(2)10-9(6-11)7-12-3/h8-11H,4-7H2,1-3H3. The third-order valence-electron chi connectivity index (χ3n) is 1.83. The number of hydrogen-bond donors (Lipinski definition) is 2. The monoisotopic (exact) mass is 175 g/mol. The van der Waals surface area contributed by atoms with Crippen LogP contribution < -0.4 is 5.32 Å². The molecule has 12 heavy (non-hydrogen) atoms. The van der Waals surface area contributed by atoms with E-state index in [4.69, 9.17) is 9.84 Å². The number of aliphatic hydroxyl groups excluding tert-OH is 1. The quantitative estimate of drug-likeness (QED) is 0.600. The summed E-state index contributed by atoms with van der Waals surface area (Å²) in [5.41, 5.74) is 0. The highest BCUT2D eigenvalue weighted by Crippen LogP contribution is 1.96. The fraction of sp³-hybridized carbons (Fsp3) is 1.00. The second-order valence-corrected chi connectivity index (χ2v) is 3.19. The van der Waals surface area contributed by atoms with Crippen LogP contribution in [0.1, 0.15) is 26.7 Å². The Labute approximate surface area is 75.1 Å². The Balaban J connectivity index is 3.53. The lowest BCUT2D eigenvalue weighted by molar-refractivity contribution is 0.122. The van der Waals surface area contributed by atoms with E-state index in [-0.39, 0.29) is 12.6 Å². The molecule has 3 heteroatoms. The van der Waals surface area contributed by atoms with Crippen LogP contribution in [0.2, 0.25) is 0 Å². The molecule has 0 heterocycles. The third kappa shape index (κ3) is 5.52. The lowest BCUT2D eigenvalue weighted by Crippen LogP contribution is -2.41. The van der Waals surface area contributed by atoms with Gasteiger partial charge in [0.25, 0.3) is 0 Å². The van der Waals surface area contributed by atoms with E-state index < -0.39 is 0 Å². The van der Waals surface area contributed by atoms with E-state index in [9.17, 15) is 0 Å². The van der Waals surface area contributed by atoms with E-state index in [2.05, 4.69) is 19.2 Å². The number of nitrogens with one attached hydrogen (secondary N) is 1. The van der Waals surface area contributed by atoms with E-state index >= 15 is 0 Å². The Morgan fingerprint density at radius 1 is 1.50 bits per heavy atom. The van der Waals surface area contributed by atoms with Crippen LogP contribution in [0.15, 0.2) is 0 Å². The minimum atomic E-state index is 0.0801. The smallest absolute Gasteiger partial charge is 0.0638 e. The highest BCUT2D eigenvalue weighted by atomic mass is 16.5. The van der Waals surface area contributed by atoms with Crippen molar-refractivity contribution >= 4 is 0 Å². The summed E-state index contributed by atoms with van der Waals surface area (Å²) in [6, 6.07) is 0.541. The molecule has 0 radical (unpaired) electrons. The molecule has 0 aromatic rings. The summed E-state index contributed by atoms with van der Waals surface area (Å²) in [6.07, 6.45) is 2.31. The number of aliphatic hydroxyl groups is 1. The van der Waals surface area contributed by atoms with Gasteiger partial charge in [0, 0.05) is 13.2 Å². The minimum absolute atomic E-state index is 0.0801. The van der Waals surface area contributed by atoms with Crippen molar-refractivity contribution in [3.05, 3.63) is 0 Å². The maximum absolute atomic E-state index is 8.93. The molecular formula is C9H21NO2. The first-order valence-corrected chi connectivity index (χ1v) is 4.60. The van der Waals surface area contributed by atoms with Crippen molar-refractivity contribution in [2.75, 3.05) is 20.3 Å². The van der Waals surface area contributed by atoms with Crippen molar-refractivity contribution in [1.29, 1.82) is 0 Å².